The first-order valence-corrected chi connectivity index (χ1v) is 12.3. The van der Waals surface area contributed by atoms with Gasteiger partial charge in [-0.2, -0.15) is 0 Å². The Labute approximate surface area is 204 Å². The van der Waals surface area contributed by atoms with Crippen LogP contribution in [0, 0.1) is 17.3 Å². The maximum absolute atomic E-state index is 14.1. The van der Waals surface area contributed by atoms with Gasteiger partial charge in [0.2, 0.25) is 0 Å². The van der Waals surface area contributed by atoms with Gasteiger partial charge < -0.3 is 20.1 Å². The number of benzene rings is 1. The van der Waals surface area contributed by atoms with Gasteiger partial charge in [-0.15, -0.1) is 23.2 Å². The predicted molar refractivity (Wildman–Crippen MR) is 125 cm³/mol. The third-order valence-electron chi connectivity index (χ3n) is 8.37. The molecule has 1 heterocycles. The summed E-state index contributed by atoms with van der Waals surface area (Å²) in [6.07, 6.45) is 1.33. The van der Waals surface area contributed by atoms with E-state index in [9.17, 15) is 24.9 Å². The smallest absolute Gasteiger partial charge is 0.196 e. The lowest BCUT2D eigenvalue weighted by molar-refractivity contribution is -0.196. The molecule has 0 spiro atoms. The fraction of sp³-hybridized carbons (Fsp3) is 0.680. The molecule has 1 unspecified atom stereocenters. The number of ether oxygens (including phenoxy) is 1. The van der Waals surface area contributed by atoms with E-state index in [0.29, 0.717) is 12.8 Å². The molecule has 0 aromatic heterocycles. The molecule has 6 nitrogen and oxygen atoms in total. The zero-order valence-corrected chi connectivity index (χ0v) is 21.1. The predicted octanol–water partition coefficient (Wildman–Crippen LogP) is 4.82. The molecule has 1 saturated heterocycles. The molecule has 3 N–H and O–H groups in total. The van der Waals surface area contributed by atoms with E-state index in [1.54, 1.807) is 20.8 Å². The van der Waals surface area contributed by atoms with Crippen molar-refractivity contribution < 1.29 is 29.6 Å². The highest BCUT2D eigenvalue weighted by Gasteiger charge is 2.65. The van der Waals surface area contributed by atoms with Crippen LogP contribution < -0.4 is 0 Å². The Morgan fingerprint density at radius 2 is 1.70 bits per heavy atom. The van der Waals surface area contributed by atoms with Crippen molar-refractivity contribution in [2.45, 2.75) is 87.9 Å². The lowest BCUT2D eigenvalue weighted by Gasteiger charge is -2.58. The Balaban J connectivity index is 1.93. The zero-order valence-electron chi connectivity index (χ0n) is 19.6. The number of hydrogen-bond acceptors (Lipinski definition) is 6. The standard InChI is InChI=1S/C25H32Cl2O6/c1-22(2)16(24(5,32)7-6-17(22)26)11-25-14(10-18(27)23(3,4)33-25)20(30)19-13(21(25)31)8-12(28)9-15(19)29/h8-9,14,16-18,28-29,32H,6-7,10-11H2,1-5H3/t14-,16?,17+,18-,24+,25-/m1/s1. The fourth-order valence-electron chi connectivity index (χ4n) is 6.31. The molecule has 33 heavy (non-hydrogen) atoms. The number of ketones is 2. The molecule has 1 saturated carbocycles. The van der Waals surface area contributed by atoms with Crippen LogP contribution in [0.3, 0.4) is 0 Å². The minimum atomic E-state index is -1.61. The van der Waals surface area contributed by atoms with Gasteiger partial charge in [0.15, 0.2) is 11.6 Å². The minimum Gasteiger partial charge on any atom is -0.508 e. The Hall–Kier alpha value is -1.34. The zero-order chi connectivity index (χ0) is 24.7. The first kappa shape index (κ1) is 24.8. The van der Waals surface area contributed by atoms with Crippen molar-refractivity contribution in [3.05, 3.63) is 23.3 Å². The number of hydrogen-bond donors (Lipinski definition) is 3. The van der Waals surface area contributed by atoms with Gasteiger partial charge in [0.25, 0.3) is 0 Å². The van der Waals surface area contributed by atoms with E-state index in [1.165, 1.54) is 6.07 Å². The Morgan fingerprint density at radius 1 is 1.06 bits per heavy atom. The normalized spacial score (nSPS) is 39.6. The maximum Gasteiger partial charge on any atom is 0.196 e. The summed E-state index contributed by atoms with van der Waals surface area (Å²) in [5, 5.41) is 31.1. The van der Waals surface area contributed by atoms with Crippen LogP contribution >= 0.6 is 23.2 Å². The van der Waals surface area contributed by atoms with E-state index < -0.39 is 56.7 Å². The number of aliphatic hydroxyl groups is 1. The molecule has 0 radical (unpaired) electrons. The van der Waals surface area contributed by atoms with Gasteiger partial charge in [-0.1, -0.05) is 13.8 Å². The largest absolute Gasteiger partial charge is 0.508 e. The number of rotatable bonds is 2. The van der Waals surface area contributed by atoms with Crippen molar-refractivity contribution in [3.63, 3.8) is 0 Å². The van der Waals surface area contributed by atoms with E-state index in [-0.39, 0.29) is 35.1 Å². The average Bonchev–Trinajstić information content (AvgIpc) is 2.68. The Kier molecular flexibility index (Phi) is 5.69. The highest BCUT2D eigenvalue weighted by Crippen LogP contribution is 2.58. The molecular formula is C25H32Cl2O6. The molecule has 2 fully saturated rings. The summed E-state index contributed by atoms with van der Waals surface area (Å²) in [7, 11) is 0. The lowest BCUT2D eigenvalue weighted by atomic mass is 9.54. The molecular weight excluding hydrogens is 467 g/mol. The summed E-state index contributed by atoms with van der Waals surface area (Å²) >= 11 is 13.3. The van der Waals surface area contributed by atoms with Gasteiger partial charge >= 0.3 is 0 Å². The first-order valence-electron chi connectivity index (χ1n) is 11.4. The molecule has 0 bridgehead atoms. The van der Waals surface area contributed by atoms with Gasteiger partial charge in [0.05, 0.1) is 28.1 Å². The molecule has 6 atom stereocenters. The molecule has 8 heteroatoms. The first-order chi connectivity index (χ1) is 15.0. The number of fused-ring (bicyclic) bond motifs is 2. The molecule has 182 valence electrons. The number of halogens is 2. The molecule has 4 rings (SSSR count). The highest BCUT2D eigenvalue weighted by atomic mass is 35.5. The van der Waals surface area contributed by atoms with E-state index in [4.69, 9.17) is 27.9 Å². The van der Waals surface area contributed by atoms with Crippen molar-refractivity contribution in [1.82, 2.24) is 0 Å². The van der Waals surface area contributed by atoms with Crippen molar-refractivity contribution >= 4 is 34.8 Å². The SMILES string of the molecule is CC1(C)O[C@@]2(CC3C(C)(C)[C@@H](Cl)CC[C@]3(C)O)C(=O)c3cc(O)cc(O)c3C(=O)[C@H]2C[C@H]1Cl. The van der Waals surface area contributed by atoms with Crippen LogP contribution in [0.4, 0.5) is 0 Å². The van der Waals surface area contributed by atoms with Gasteiger partial charge in [0, 0.05) is 17.0 Å². The van der Waals surface area contributed by atoms with Crippen molar-refractivity contribution in [3.8, 4) is 11.5 Å². The van der Waals surface area contributed by atoms with Crippen molar-refractivity contribution in [2.24, 2.45) is 17.3 Å². The molecule has 1 aromatic carbocycles. The summed E-state index contributed by atoms with van der Waals surface area (Å²) in [6.45, 7) is 9.24. The summed E-state index contributed by atoms with van der Waals surface area (Å²) in [5.41, 5.74) is -4.43. The lowest BCUT2D eigenvalue weighted by Crippen LogP contribution is -2.67. The summed E-state index contributed by atoms with van der Waals surface area (Å²) < 4.78 is 6.50. The second-order valence-corrected chi connectivity index (χ2v) is 12.4. The highest BCUT2D eigenvalue weighted by molar-refractivity contribution is 6.24. The molecule has 1 aliphatic heterocycles. The number of phenolic OH excluding ortho intramolecular Hbond substituents is 2. The van der Waals surface area contributed by atoms with Gasteiger partial charge in [-0.05, 0) is 63.9 Å². The van der Waals surface area contributed by atoms with Crippen LogP contribution in [0.15, 0.2) is 12.1 Å². The van der Waals surface area contributed by atoms with Gasteiger partial charge in [0.1, 0.15) is 17.1 Å². The van der Waals surface area contributed by atoms with Gasteiger partial charge in [-0.3, -0.25) is 9.59 Å². The number of phenols is 2. The number of Topliss-reactive ketones (excluding diaryl/α,β-unsaturated/α-hetero) is 2. The quantitative estimate of drug-likeness (QED) is 0.504. The van der Waals surface area contributed by atoms with Crippen LogP contribution in [-0.2, 0) is 4.74 Å². The number of aromatic hydroxyl groups is 2. The second-order valence-electron chi connectivity index (χ2n) is 11.4. The molecule has 3 aliphatic rings. The van der Waals surface area contributed by atoms with Crippen molar-refractivity contribution in [2.75, 3.05) is 0 Å². The van der Waals surface area contributed by atoms with E-state index in [0.717, 1.165) is 6.07 Å². The van der Waals surface area contributed by atoms with E-state index in [2.05, 4.69) is 0 Å². The average molecular weight is 499 g/mol. The minimum absolute atomic E-state index is 0.0638. The third-order valence-corrected chi connectivity index (χ3v) is 9.85. The van der Waals surface area contributed by atoms with E-state index in [1.807, 2.05) is 13.8 Å². The van der Waals surface area contributed by atoms with Crippen LogP contribution in [0.25, 0.3) is 0 Å². The number of carbonyl (C=O) groups is 2. The van der Waals surface area contributed by atoms with Crippen LogP contribution in [0.1, 0.15) is 81.0 Å². The fourth-order valence-corrected chi connectivity index (χ4v) is 6.79. The molecule has 1 aromatic rings. The topological polar surface area (TPSA) is 104 Å². The molecule has 0 amide bonds. The Morgan fingerprint density at radius 3 is 2.33 bits per heavy atom. The third kappa shape index (κ3) is 3.60. The van der Waals surface area contributed by atoms with Crippen molar-refractivity contribution in [1.29, 1.82) is 0 Å². The van der Waals surface area contributed by atoms with E-state index >= 15 is 0 Å². The van der Waals surface area contributed by atoms with Gasteiger partial charge in [-0.25, -0.2) is 0 Å². The molecule has 2 aliphatic carbocycles. The monoisotopic (exact) mass is 498 g/mol. The summed E-state index contributed by atoms with van der Waals surface area (Å²) in [4.78, 5) is 27.8. The summed E-state index contributed by atoms with van der Waals surface area (Å²) in [5.74, 6) is -3.11. The Bertz CT molecular complexity index is 1020. The van der Waals surface area contributed by atoms with Crippen LogP contribution in [-0.4, -0.2) is 54.4 Å². The summed E-state index contributed by atoms with van der Waals surface area (Å²) in [6, 6.07) is 2.25. The number of carbonyl (C=O) groups excluding carboxylic acids is 2. The van der Waals surface area contributed by atoms with Crippen LogP contribution in [0.2, 0.25) is 0 Å². The number of alkyl halides is 2. The maximum atomic E-state index is 14.1. The van der Waals surface area contributed by atoms with Crippen LogP contribution in [0.5, 0.6) is 11.5 Å². The second kappa shape index (κ2) is 7.58.